The van der Waals surface area contributed by atoms with Crippen LogP contribution in [0, 0.1) is 11.3 Å². The Labute approximate surface area is 248 Å². The lowest BCUT2D eigenvalue weighted by molar-refractivity contribution is 0.0206. The van der Waals surface area contributed by atoms with Crippen LogP contribution in [-0.2, 0) is 6.54 Å². The number of likely N-dealkylation sites (tertiary alicyclic amines) is 2. The van der Waals surface area contributed by atoms with Crippen LogP contribution in [0.1, 0.15) is 69.4 Å². The number of rotatable bonds is 6. The first-order chi connectivity index (χ1) is 20.6. The van der Waals surface area contributed by atoms with Gasteiger partial charge >= 0.3 is 6.03 Å². The molecular weight excluding hydrogens is 522 g/mol. The second kappa shape index (κ2) is 11.7. The van der Waals surface area contributed by atoms with E-state index in [1.165, 1.54) is 31.2 Å². The number of urea groups is 1. The monoisotopic (exact) mass is 565 g/mol. The second-order valence-electron chi connectivity index (χ2n) is 13.2. The van der Waals surface area contributed by atoms with Gasteiger partial charge in [-0.2, -0.15) is 0 Å². The number of carbonyl (C=O) groups is 1. The molecular formula is C35H43N5O2. The van der Waals surface area contributed by atoms with E-state index in [0.717, 1.165) is 63.0 Å². The molecule has 2 aliphatic heterocycles. The summed E-state index contributed by atoms with van der Waals surface area (Å²) in [6.45, 7) is 3.01. The summed E-state index contributed by atoms with van der Waals surface area (Å²) in [6, 6.07) is 23.6. The second-order valence-corrected chi connectivity index (χ2v) is 13.2. The van der Waals surface area contributed by atoms with E-state index in [-0.39, 0.29) is 23.0 Å². The molecule has 2 aromatic carbocycles. The van der Waals surface area contributed by atoms with Crippen LogP contribution < -0.4 is 10.9 Å². The van der Waals surface area contributed by atoms with E-state index in [0.29, 0.717) is 24.5 Å². The van der Waals surface area contributed by atoms with E-state index in [1.807, 2.05) is 30.3 Å². The van der Waals surface area contributed by atoms with Crippen LogP contribution in [0.25, 0.3) is 11.3 Å². The fraction of sp³-hybridized carbons (Fsp3) is 0.514. The van der Waals surface area contributed by atoms with Crippen LogP contribution in [0.4, 0.5) is 4.79 Å². The molecule has 220 valence electrons. The van der Waals surface area contributed by atoms with Gasteiger partial charge < -0.3 is 15.1 Å². The minimum atomic E-state index is 0.00360. The third kappa shape index (κ3) is 5.63. The Kier molecular flexibility index (Phi) is 7.61. The zero-order valence-electron chi connectivity index (χ0n) is 24.5. The normalized spacial score (nSPS) is 25.6. The summed E-state index contributed by atoms with van der Waals surface area (Å²) in [6.07, 6.45) is 11.9. The van der Waals surface area contributed by atoms with Crippen molar-refractivity contribution in [1.29, 1.82) is 0 Å². The Morgan fingerprint density at radius 3 is 2.36 bits per heavy atom. The maximum absolute atomic E-state index is 14.3. The minimum absolute atomic E-state index is 0.00360. The van der Waals surface area contributed by atoms with Crippen LogP contribution in [0.5, 0.6) is 0 Å². The molecule has 3 heterocycles. The van der Waals surface area contributed by atoms with Crippen molar-refractivity contribution < 1.29 is 4.79 Å². The number of hydrogen-bond donors (Lipinski definition) is 1. The summed E-state index contributed by atoms with van der Waals surface area (Å²) in [5.41, 5.74) is 2.99. The summed E-state index contributed by atoms with van der Waals surface area (Å²) < 4.78 is 1.80. The smallest absolute Gasteiger partial charge is 0.320 e. The van der Waals surface area contributed by atoms with Crippen molar-refractivity contribution in [2.45, 2.75) is 82.5 Å². The fourth-order valence-corrected chi connectivity index (χ4v) is 7.97. The first-order valence-corrected chi connectivity index (χ1v) is 16.1. The first-order valence-electron chi connectivity index (χ1n) is 16.1. The molecule has 4 aliphatic rings. The molecule has 2 saturated carbocycles. The topological polar surface area (TPSA) is 70.5 Å². The number of benzene rings is 2. The predicted octanol–water partition coefficient (Wildman–Crippen LogP) is 5.87. The highest BCUT2D eigenvalue weighted by molar-refractivity contribution is 5.75. The van der Waals surface area contributed by atoms with Gasteiger partial charge in [0.25, 0.3) is 5.56 Å². The largest absolute Gasteiger partial charge is 0.324 e. The van der Waals surface area contributed by atoms with E-state index in [4.69, 9.17) is 0 Å². The molecule has 0 bridgehead atoms. The maximum Gasteiger partial charge on any atom is 0.320 e. The quantitative estimate of drug-likeness (QED) is 0.406. The standard InChI is InChI=1S/C35H43N5O2/c41-33-22-31(26-9-3-1-4-10-26)36-25-39(33)23-28-15-19-38(24-35(28)17-7-8-18-35)34(42)40-20-16-30(37-29-13-14-29)21-32(40)27-11-5-2-6-12-27/h1-6,9-12,22,25,28-30,32,37H,7-8,13-21,23-24H2/t28-,30+,32-/m0/s1. The van der Waals surface area contributed by atoms with Crippen molar-refractivity contribution >= 4 is 6.03 Å². The van der Waals surface area contributed by atoms with Crippen LogP contribution in [0.3, 0.4) is 0 Å². The van der Waals surface area contributed by atoms with Gasteiger partial charge in [-0.05, 0) is 61.8 Å². The van der Waals surface area contributed by atoms with Crippen LogP contribution in [-0.4, -0.2) is 57.1 Å². The molecule has 3 aromatic rings. The average Bonchev–Trinajstić information content (AvgIpc) is 3.73. The molecule has 42 heavy (non-hydrogen) atoms. The third-order valence-electron chi connectivity index (χ3n) is 10.4. The number of carbonyl (C=O) groups excluding carboxylic acids is 1. The number of aromatic nitrogens is 2. The Hall–Kier alpha value is -3.45. The molecule has 2 aliphatic carbocycles. The lowest BCUT2D eigenvalue weighted by Gasteiger charge is -2.49. The van der Waals surface area contributed by atoms with Crippen molar-refractivity contribution in [2.24, 2.45) is 11.3 Å². The van der Waals surface area contributed by atoms with Crippen LogP contribution in [0.2, 0.25) is 0 Å². The highest BCUT2D eigenvalue weighted by Crippen LogP contribution is 2.49. The Bertz CT molecular complexity index is 1430. The average molecular weight is 566 g/mol. The number of nitrogens with one attached hydrogen (secondary N) is 1. The van der Waals surface area contributed by atoms with Crippen molar-refractivity contribution in [3.63, 3.8) is 0 Å². The van der Waals surface area contributed by atoms with Crippen molar-refractivity contribution in [1.82, 2.24) is 24.7 Å². The molecule has 0 unspecified atom stereocenters. The van der Waals surface area contributed by atoms with Gasteiger partial charge in [0.2, 0.25) is 0 Å². The van der Waals surface area contributed by atoms with E-state index in [9.17, 15) is 9.59 Å². The lowest BCUT2D eigenvalue weighted by Crippen LogP contribution is -2.57. The molecule has 7 nitrogen and oxygen atoms in total. The summed E-state index contributed by atoms with van der Waals surface area (Å²) in [7, 11) is 0. The highest BCUT2D eigenvalue weighted by Gasteiger charge is 2.47. The molecule has 7 heteroatoms. The van der Waals surface area contributed by atoms with Gasteiger partial charge in [-0.25, -0.2) is 9.78 Å². The SMILES string of the molecule is O=C(N1CC[C@@H](Cn2cnc(-c3ccccc3)cc2=O)C2(CCCC2)C1)N1CC[C@@H](NC2CC2)C[C@H]1c1ccccc1. The first kappa shape index (κ1) is 27.4. The van der Waals surface area contributed by atoms with Crippen molar-refractivity contribution in [2.75, 3.05) is 19.6 Å². The minimum Gasteiger partial charge on any atom is -0.324 e. The van der Waals surface area contributed by atoms with Gasteiger partial charge in [-0.1, -0.05) is 73.5 Å². The summed E-state index contributed by atoms with van der Waals surface area (Å²) in [5, 5.41) is 3.83. The molecule has 3 atom stereocenters. The molecule has 2 amide bonds. The van der Waals surface area contributed by atoms with Gasteiger partial charge in [0.15, 0.2) is 0 Å². The molecule has 1 spiro atoms. The lowest BCUT2D eigenvalue weighted by atomic mass is 9.69. The van der Waals surface area contributed by atoms with E-state index >= 15 is 0 Å². The van der Waals surface area contributed by atoms with Gasteiger partial charge in [-0.3, -0.25) is 9.36 Å². The van der Waals surface area contributed by atoms with E-state index < -0.39 is 0 Å². The summed E-state index contributed by atoms with van der Waals surface area (Å²) in [5.74, 6) is 0.365. The molecule has 2 saturated heterocycles. The molecule has 1 aromatic heterocycles. The third-order valence-corrected chi connectivity index (χ3v) is 10.4. The number of piperidine rings is 2. The van der Waals surface area contributed by atoms with Gasteiger partial charge in [-0.15, -0.1) is 0 Å². The number of nitrogens with zero attached hydrogens (tertiary/aromatic N) is 4. The molecule has 0 radical (unpaired) electrons. The summed E-state index contributed by atoms with van der Waals surface area (Å²) in [4.78, 5) is 36.4. The zero-order valence-corrected chi connectivity index (χ0v) is 24.5. The van der Waals surface area contributed by atoms with Gasteiger partial charge in [0, 0.05) is 49.9 Å². The molecule has 4 fully saturated rings. The fourth-order valence-electron chi connectivity index (χ4n) is 7.97. The number of amides is 2. The zero-order chi connectivity index (χ0) is 28.5. The maximum atomic E-state index is 14.3. The van der Waals surface area contributed by atoms with Gasteiger partial charge in [0.05, 0.1) is 18.1 Å². The van der Waals surface area contributed by atoms with Gasteiger partial charge in [0.1, 0.15) is 0 Å². The van der Waals surface area contributed by atoms with E-state index in [1.54, 1.807) is 17.0 Å². The Morgan fingerprint density at radius 1 is 0.905 bits per heavy atom. The van der Waals surface area contributed by atoms with E-state index in [2.05, 4.69) is 50.4 Å². The molecule has 7 rings (SSSR count). The highest BCUT2D eigenvalue weighted by atomic mass is 16.2. The van der Waals surface area contributed by atoms with Crippen molar-refractivity contribution in [3.05, 3.63) is 89.0 Å². The predicted molar refractivity (Wildman–Crippen MR) is 165 cm³/mol. The van der Waals surface area contributed by atoms with Crippen LogP contribution in [0.15, 0.2) is 77.9 Å². The summed E-state index contributed by atoms with van der Waals surface area (Å²) >= 11 is 0. The molecule has 1 N–H and O–H groups in total. The van der Waals surface area contributed by atoms with Crippen molar-refractivity contribution in [3.8, 4) is 11.3 Å². The van der Waals surface area contributed by atoms with Crippen LogP contribution >= 0.6 is 0 Å². The number of hydrogen-bond acceptors (Lipinski definition) is 4. The Morgan fingerprint density at radius 2 is 1.64 bits per heavy atom. The Balaban J connectivity index is 1.07.